The van der Waals surface area contributed by atoms with E-state index < -0.39 is 23.2 Å². The number of hydrogen-bond donors (Lipinski definition) is 2. The van der Waals surface area contributed by atoms with E-state index in [2.05, 4.69) is 5.32 Å². The number of ether oxygens (including phenoxy) is 2. The van der Waals surface area contributed by atoms with Gasteiger partial charge in [-0.25, -0.2) is 9.59 Å². The molecule has 1 saturated carbocycles. The van der Waals surface area contributed by atoms with Crippen LogP contribution in [0.5, 0.6) is 0 Å². The molecule has 0 aromatic carbocycles. The molecular formula is C12H21NO5. The average molecular weight is 259 g/mol. The van der Waals surface area contributed by atoms with E-state index in [9.17, 15) is 9.59 Å². The van der Waals surface area contributed by atoms with Gasteiger partial charge >= 0.3 is 12.1 Å². The number of alkyl carbamates (subject to hydrolysis) is 1. The summed E-state index contributed by atoms with van der Waals surface area (Å²) in [6, 6.07) is 0. The van der Waals surface area contributed by atoms with Gasteiger partial charge in [-0.05, 0) is 39.5 Å². The SMILES string of the molecule is COC(=O)[C@@]1(NC(=O)OC(C)(C)C)CC1CCO. The Hall–Kier alpha value is -1.30. The smallest absolute Gasteiger partial charge is 0.408 e. The van der Waals surface area contributed by atoms with Crippen LogP contribution in [0.1, 0.15) is 33.6 Å². The maximum Gasteiger partial charge on any atom is 0.408 e. The number of esters is 1. The molecule has 1 fully saturated rings. The number of hydrogen-bond acceptors (Lipinski definition) is 5. The molecule has 0 spiro atoms. The number of aliphatic hydroxyl groups is 1. The summed E-state index contributed by atoms with van der Waals surface area (Å²) < 4.78 is 9.81. The highest BCUT2D eigenvalue weighted by Gasteiger charge is 2.62. The van der Waals surface area contributed by atoms with Crippen molar-refractivity contribution in [2.75, 3.05) is 13.7 Å². The van der Waals surface area contributed by atoms with Gasteiger partial charge in [-0.15, -0.1) is 0 Å². The van der Waals surface area contributed by atoms with E-state index in [4.69, 9.17) is 14.6 Å². The molecular weight excluding hydrogens is 238 g/mol. The highest BCUT2D eigenvalue weighted by atomic mass is 16.6. The lowest BCUT2D eigenvalue weighted by Crippen LogP contribution is -2.47. The van der Waals surface area contributed by atoms with Crippen molar-refractivity contribution >= 4 is 12.1 Å². The molecule has 6 heteroatoms. The molecule has 1 aliphatic rings. The number of rotatable bonds is 4. The van der Waals surface area contributed by atoms with Gasteiger partial charge in [0, 0.05) is 6.61 Å². The van der Waals surface area contributed by atoms with E-state index >= 15 is 0 Å². The van der Waals surface area contributed by atoms with Crippen LogP contribution < -0.4 is 5.32 Å². The average Bonchev–Trinajstić information content (AvgIpc) is 2.89. The van der Waals surface area contributed by atoms with Crippen molar-refractivity contribution < 1.29 is 24.2 Å². The van der Waals surface area contributed by atoms with Crippen LogP contribution >= 0.6 is 0 Å². The topological polar surface area (TPSA) is 84.9 Å². The highest BCUT2D eigenvalue weighted by molar-refractivity contribution is 5.89. The van der Waals surface area contributed by atoms with Crippen LogP contribution in [0, 0.1) is 5.92 Å². The summed E-state index contributed by atoms with van der Waals surface area (Å²) in [6.45, 7) is 5.21. The van der Waals surface area contributed by atoms with Gasteiger partial charge in [0.2, 0.25) is 0 Å². The summed E-state index contributed by atoms with van der Waals surface area (Å²) in [6.07, 6.45) is 0.276. The normalized spacial score (nSPS) is 26.4. The van der Waals surface area contributed by atoms with Crippen LogP contribution in [0.4, 0.5) is 4.79 Å². The molecule has 1 amide bonds. The molecule has 6 nitrogen and oxygen atoms in total. The molecule has 0 saturated heterocycles. The number of nitrogens with one attached hydrogen (secondary N) is 1. The molecule has 0 radical (unpaired) electrons. The van der Waals surface area contributed by atoms with E-state index in [0.29, 0.717) is 12.8 Å². The van der Waals surface area contributed by atoms with Gasteiger partial charge in [0.1, 0.15) is 11.1 Å². The summed E-state index contributed by atoms with van der Waals surface area (Å²) in [5, 5.41) is 11.5. The maximum atomic E-state index is 11.7. The van der Waals surface area contributed by atoms with Crippen LogP contribution in [-0.2, 0) is 14.3 Å². The summed E-state index contributed by atoms with van der Waals surface area (Å²) in [4.78, 5) is 23.4. The van der Waals surface area contributed by atoms with E-state index in [1.54, 1.807) is 20.8 Å². The van der Waals surface area contributed by atoms with E-state index in [-0.39, 0.29) is 12.5 Å². The number of aliphatic hydroxyl groups excluding tert-OH is 1. The molecule has 0 aromatic heterocycles. The minimum Gasteiger partial charge on any atom is -0.467 e. The Morgan fingerprint density at radius 3 is 2.50 bits per heavy atom. The van der Waals surface area contributed by atoms with Crippen molar-refractivity contribution in [2.45, 2.75) is 44.8 Å². The largest absolute Gasteiger partial charge is 0.467 e. The first kappa shape index (κ1) is 14.8. The Bertz CT molecular complexity index is 336. The van der Waals surface area contributed by atoms with Gasteiger partial charge in [-0.1, -0.05) is 0 Å². The Balaban J connectivity index is 2.65. The first-order valence-electron chi connectivity index (χ1n) is 5.95. The van der Waals surface area contributed by atoms with Gasteiger partial charge in [0.15, 0.2) is 0 Å². The third-order valence-electron chi connectivity index (χ3n) is 2.86. The third-order valence-corrected chi connectivity index (χ3v) is 2.86. The quantitative estimate of drug-likeness (QED) is 0.730. The minimum atomic E-state index is -1.03. The zero-order chi connectivity index (χ0) is 14.0. The fourth-order valence-corrected chi connectivity index (χ4v) is 1.96. The van der Waals surface area contributed by atoms with Gasteiger partial charge in [0.25, 0.3) is 0 Å². The lowest BCUT2D eigenvalue weighted by molar-refractivity contribution is -0.145. The number of carbonyl (C=O) groups is 2. The highest BCUT2D eigenvalue weighted by Crippen LogP contribution is 2.46. The lowest BCUT2D eigenvalue weighted by atomic mass is 10.1. The maximum absolute atomic E-state index is 11.7. The summed E-state index contributed by atoms with van der Waals surface area (Å²) in [5.41, 5.74) is -1.65. The number of carbonyl (C=O) groups excluding carboxylic acids is 2. The van der Waals surface area contributed by atoms with Crippen molar-refractivity contribution in [1.29, 1.82) is 0 Å². The molecule has 104 valence electrons. The van der Waals surface area contributed by atoms with Gasteiger partial charge < -0.3 is 19.9 Å². The molecule has 2 atom stereocenters. The number of methoxy groups -OCH3 is 1. The van der Waals surface area contributed by atoms with Gasteiger partial charge in [0.05, 0.1) is 7.11 Å². The monoisotopic (exact) mass is 259 g/mol. The first-order chi connectivity index (χ1) is 8.25. The fraction of sp³-hybridized carbons (Fsp3) is 0.833. The van der Waals surface area contributed by atoms with Crippen molar-refractivity contribution in [2.24, 2.45) is 5.92 Å². The van der Waals surface area contributed by atoms with Crippen molar-refractivity contribution in [3.8, 4) is 0 Å². The van der Waals surface area contributed by atoms with Crippen molar-refractivity contribution in [3.05, 3.63) is 0 Å². The molecule has 1 unspecified atom stereocenters. The Labute approximate surface area is 107 Å². The van der Waals surface area contributed by atoms with Gasteiger partial charge in [-0.2, -0.15) is 0 Å². The van der Waals surface area contributed by atoms with Crippen LogP contribution in [0.25, 0.3) is 0 Å². The second-order valence-electron chi connectivity index (χ2n) is 5.50. The van der Waals surface area contributed by atoms with E-state index in [0.717, 1.165) is 0 Å². The second kappa shape index (κ2) is 5.14. The van der Waals surface area contributed by atoms with E-state index in [1.807, 2.05) is 0 Å². The summed E-state index contributed by atoms with van der Waals surface area (Å²) in [7, 11) is 1.27. The zero-order valence-corrected chi connectivity index (χ0v) is 11.3. The molecule has 18 heavy (non-hydrogen) atoms. The molecule has 0 aromatic rings. The van der Waals surface area contributed by atoms with Crippen LogP contribution in [0.15, 0.2) is 0 Å². The minimum absolute atomic E-state index is 0.0284. The lowest BCUT2D eigenvalue weighted by Gasteiger charge is -2.23. The summed E-state index contributed by atoms with van der Waals surface area (Å²) in [5.74, 6) is -0.589. The number of amides is 1. The van der Waals surface area contributed by atoms with Crippen molar-refractivity contribution in [3.63, 3.8) is 0 Å². The van der Waals surface area contributed by atoms with Crippen LogP contribution in [0.3, 0.4) is 0 Å². The Morgan fingerprint density at radius 1 is 1.44 bits per heavy atom. The standard InChI is InChI=1S/C12H21NO5/c1-11(2,3)18-10(16)13-12(9(15)17-4)7-8(12)5-6-14/h8,14H,5-7H2,1-4H3,(H,13,16)/t8?,12-/m1/s1. The molecule has 0 heterocycles. The first-order valence-corrected chi connectivity index (χ1v) is 5.95. The Kier molecular flexibility index (Phi) is 4.21. The van der Waals surface area contributed by atoms with E-state index in [1.165, 1.54) is 7.11 Å². The molecule has 0 bridgehead atoms. The predicted octanol–water partition coefficient (Wildman–Crippen LogP) is 0.825. The fourth-order valence-electron chi connectivity index (χ4n) is 1.96. The molecule has 1 aliphatic carbocycles. The second-order valence-corrected chi connectivity index (χ2v) is 5.50. The van der Waals surface area contributed by atoms with Crippen LogP contribution in [0.2, 0.25) is 0 Å². The van der Waals surface area contributed by atoms with Crippen LogP contribution in [-0.4, -0.2) is 42.0 Å². The summed E-state index contributed by atoms with van der Waals surface area (Å²) >= 11 is 0. The van der Waals surface area contributed by atoms with Crippen molar-refractivity contribution in [1.82, 2.24) is 5.32 Å². The predicted molar refractivity (Wildman–Crippen MR) is 63.9 cm³/mol. The molecule has 2 N–H and O–H groups in total. The molecule has 0 aliphatic heterocycles. The zero-order valence-electron chi connectivity index (χ0n) is 11.3. The van der Waals surface area contributed by atoms with Gasteiger partial charge in [-0.3, -0.25) is 0 Å². The Morgan fingerprint density at radius 2 is 2.06 bits per heavy atom. The third kappa shape index (κ3) is 3.35. The molecule has 1 rings (SSSR count).